The Morgan fingerprint density at radius 2 is 1.96 bits per heavy atom. The molecule has 156 valence electrons. The monoisotopic (exact) mass is 438 g/mol. The number of hydrogen-bond acceptors (Lipinski definition) is 9. The lowest BCUT2D eigenvalue weighted by Crippen LogP contribution is -2.48. The highest BCUT2D eigenvalue weighted by atomic mass is 31.2. The highest BCUT2D eigenvalue weighted by Gasteiger charge is 2.32. The van der Waals surface area contributed by atoms with Gasteiger partial charge in [0.25, 0.3) is 0 Å². The van der Waals surface area contributed by atoms with Crippen LogP contribution in [0.5, 0.6) is 0 Å². The second-order valence-corrected chi connectivity index (χ2v) is 9.25. The minimum atomic E-state index is -4.70. The van der Waals surface area contributed by atoms with Crippen LogP contribution in [-0.4, -0.2) is 82.5 Å². The molecule has 0 spiro atoms. The lowest BCUT2D eigenvalue weighted by atomic mass is 10.2. The summed E-state index contributed by atoms with van der Waals surface area (Å²) in [6.07, 6.45) is 0.868. The number of aromatic nitrogens is 4. The van der Waals surface area contributed by atoms with Gasteiger partial charge in [0.2, 0.25) is 0 Å². The normalized spacial score (nSPS) is 22.0. The summed E-state index contributed by atoms with van der Waals surface area (Å²) in [5.74, 6) is 0.180. The molecule has 14 nitrogen and oxygen atoms in total. The van der Waals surface area contributed by atoms with Gasteiger partial charge in [-0.05, 0) is 0 Å². The van der Waals surface area contributed by atoms with Gasteiger partial charge in [-0.1, -0.05) is 0 Å². The molecule has 28 heavy (non-hydrogen) atoms. The van der Waals surface area contributed by atoms with Crippen LogP contribution in [0.1, 0.15) is 6.23 Å². The first-order valence-electron chi connectivity index (χ1n) is 8.07. The molecule has 2 aromatic heterocycles. The maximum atomic E-state index is 11.2. The van der Waals surface area contributed by atoms with E-state index in [-0.39, 0.29) is 31.6 Å². The number of imidazole rings is 1. The van der Waals surface area contributed by atoms with Crippen molar-refractivity contribution in [1.82, 2.24) is 24.4 Å². The zero-order chi connectivity index (χ0) is 20.5. The number of hydrogen-bond donors (Lipinski definition) is 5. The van der Waals surface area contributed by atoms with Gasteiger partial charge >= 0.3 is 15.4 Å². The van der Waals surface area contributed by atoms with Gasteiger partial charge in [-0.25, -0.2) is 19.5 Å². The summed E-state index contributed by atoms with van der Waals surface area (Å²) in [6, 6.07) is 0. The Morgan fingerprint density at radius 1 is 1.21 bits per heavy atom. The van der Waals surface area contributed by atoms with Crippen molar-refractivity contribution in [3.05, 3.63) is 12.7 Å². The fraction of sp³-hybridized carbons (Fsp3) is 0.583. The second-order valence-electron chi connectivity index (χ2n) is 6.23. The number of ether oxygens (including phenoxy) is 1. The molecule has 1 saturated heterocycles. The molecule has 0 bridgehead atoms. The van der Waals surface area contributed by atoms with Crippen LogP contribution >= 0.6 is 15.4 Å². The van der Waals surface area contributed by atoms with Gasteiger partial charge < -0.3 is 30.0 Å². The Kier molecular flexibility index (Phi) is 6.15. The number of nitrogen functional groups attached to an aromatic ring is 1. The Bertz CT molecular complexity index is 894. The number of anilines is 1. The van der Waals surface area contributed by atoms with Crippen LogP contribution in [0.4, 0.5) is 5.82 Å². The zero-order valence-electron chi connectivity index (χ0n) is 14.5. The number of rotatable bonds is 7. The van der Waals surface area contributed by atoms with Crippen molar-refractivity contribution < 1.29 is 38.0 Å². The summed E-state index contributed by atoms with van der Waals surface area (Å²) in [7, 11) is -8.91. The summed E-state index contributed by atoms with van der Waals surface area (Å²) in [5, 5.41) is 0. The fourth-order valence-electron chi connectivity index (χ4n) is 2.85. The third-order valence-electron chi connectivity index (χ3n) is 4.06. The number of morpholine rings is 1. The highest BCUT2D eigenvalue weighted by Crippen LogP contribution is 2.37. The minimum absolute atomic E-state index is 0.0559. The van der Waals surface area contributed by atoms with E-state index in [2.05, 4.69) is 19.5 Å². The molecule has 6 N–H and O–H groups in total. The molecule has 16 heteroatoms. The van der Waals surface area contributed by atoms with Crippen molar-refractivity contribution in [3.8, 4) is 0 Å². The molecule has 0 aromatic carbocycles. The van der Waals surface area contributed by atoms with Gasteiger partial charge in [-0.3, -0.25) is 18.6 Å². The Morgan fingerprint density at radius 3 is 2.64 bits per heavy atom. The van der Waals surface area contributed by atoms with Crippen LogP contribution < -0.4 is 5.73 Å². The summed E-state index contributed by atoms with van der Waals surface area (Å²) in [6.45, 7) is 0.0548. The summed E-state index contributed by atoms with van der Waals surface area (Å²) < 4.78 is 34.1. The predicted octanol–water partition coefficient (Wildman–Crippen LogP) is -1.11. The Labute approximate surface area is 158 Å². The van der Waals surface area contributed by atoms with Crippen molar-refractivity contribution in [3.63, 3.8) is 0 Å². The first-order valence-corrected chi connectivity index (χ1v) is 11.4. The quantitative estimate of drug-likeness (QED) is 0.326. The van der Waals surface area contributed by atoms with Crippen LogP contribution in [0.2, 0.25) is 0 Å². The van der Waals surface area contributed by atoms with E-state index in [9.17, 15) is 9.13 Å². The molecule has 0 unspecified atom stereocenters. The minimum Gasteiger partial charge on any atom is -0.382 e. The topological polar surface area (TPSA) is 206 Å². The van der Waals surface area contributed by atoms with Crippen molar-refractivity contribution >= 4 is 32.4 Å². The van der Waals surface area contributed by atoms with Gasteiger partial charge in [0.05, 0.1) is 25.2 Å². The molecule has 0 saturated carbocycles. The average Bonchev–Trinajstić information content (AvgIpc) is 3.02. The van der Waals surface area contributed by atoms with E-state index in [1.807, 2.05) is 0 Å². The molecule has 1 aliphatic rings. The molecule has 3 heterocycles. The molecule has 1 aliphatic heterocycles. The van der Waals surface area contributed by atoms with Crippen molar-refractivity contribution in [1.29, 1.82) is 0 Å². The van der Waals surface area contributed by atoms with Crippen molar-refractivity contribution in [2.24, 2.45) is 0 Å². The van der Waals surface area contributed by atoms with Crippen LogP contribution in [0.25, 0.3) is 11.2 Å². The van der Waals surface area contributed by atoms with Gasteiger partial charge in [0, 0.05) is 19.6 Å². The van der Waals surface area contributed by atoms with Crippen LogP contribution in [0, 0.1) is 0 Å². The van der Waals surface area contributed by atoms with Gasteiger partial charge in [-0.2, -0.15) is 0 Å². The highest BCUT2D eigenvalue weighted by molar-refractivity contribution is 7.51. The molecule has 3 rings (SSSR count). The first-order chi connectivity index (χ1) is 13.0. The van der Waals surface area contributed by atoms with E-state index in [0.717, 1.165) is 0 Å². The number of nitrogens with two attached hydrogens (primary N) is 1. The standard InChI is InChI=1S/C12H20N6O8P2/c13-11-10-12(15-6-14-11)18(7-16-10)9-4-17(1-2-27(19,20)21)3-8(26-9)5-25-28(22,23)24/h6-9H,1-5H2,(H2,13,14,15)(H2,19,20,21)(H2,22,23,24)/t8-,9+/m0/s1. The maximum absolute atomic E-state index is 11.2. The summed E-state index contributed by atoms with van der Waals surface area (Å²) >= 11 is 0. The van der Waals surface area contributed by atoms with Crippen LogP contribution in [0.3, 0.4) is 0 Å². The Hall–Kier alpha value is -1.47. The molecular formula is C12H20N6O8P2. The third-order valence-corrected chi connectivity index (χ3v) is 5.33. The van der Waals surface area contributed by atoms with E-state index in [1.54, 1.807) is 9.47 Å². The SMILES string of the molecule is Nc1ncnc2c1ncn2[C@H]1CN(CCP(=O)(O)O)C[C@@H](COP(=O)(O)O)O1. The molecule has 2 atom stereocenters. The summed E-state index contributed by atoms with van der Waals surface area (Å²) in [5.41, 5.74) is 6.53. The van der Waals surface area contributed by atoms with Gasteiger partial charge in [0.15, 0.2) is 11.5 Å². The number of nitrogens with zero attached hydrogens (tertiary/aromatic N) is 5. The van der Waals surface area contributed by atoms with Gasteiger partial charge in [-0.15, -0.1) is 0 Å². The van der Waals surface area contributed by atoms with E-state index in [0.29, 0.717) is 11.2 Å². The number of fused-ring (bicyclic) bond motifs is 1. The van der Waals surface area contributed by atoms with Crippen LogP contribution in [-0.2, 0) is 18.4 Å². The molecule has 0 aliphatic carbocycles. The third kappa shape index (κ3) is 5.54. The lowest BCUT2D eigenvalue weighted by Gasteiger charge is -2.38. The second kappa shape index (κ2) is 8.11. The van der Waals surface area contributed by atoms with Crippen molar-refractivity contribution in [2.45, 2.75) is 12.3 Å². The lowest BCUT2D eigenvalue weighted by molar-refractivity contribution is -0.131. The molecular weight excluding hydrogens is 418 g/mol. The fourth-order valence-corrected chi connectivity index (χ4v) is 3.76. The molecule has 0 radical (unpaired) electrons. The van der Waals surface area contributed by atoms with Crippen LogP contribution in [0.15, 0.2) is 12.7 Å². The molecule has 0 amide bonds. The van der Waals surface area contributed by atoms with E-state index in [1.165, 1.54) is 12.7 Å². The maximum Gasteiger partial charge on any atom is 0.469 e. The number of phosphoric ester groups is 1. The van der Waals surface area contributed by atoms with Gasteiger partial charge in [0.1, 0.15) is 18.1 Å². The molecule has 2 aromatic rings. The largest absolute Gasteiger partial charge is 0.469 e. The smallest absolute Gasteiger partial charge is 0.382 e. The van der Waals surface area contributed by atoms with E-state index in [4.69, 9.17) is 30.0 Å². The molecule has 1 fully saturated rings. The van der Waals surface area contributed by atoms with E-state index < -0.39 is 34.4 Å². The summed E-state index contributed by atoms with van der Waals surface area (Å²) in [4.78, 5) is 49.9. The Balaban J connectivity index is 1.82. The predicted molar refractivity (Wildman–Crippen MR) is 95.0 cm³/mol. The first kappa shape index (κ1) is 21.2. The average molecular weight is 438 g/mol. The zero-order valence-corrected chi connectivity index (χ0v) is 16.3. The van der Waals surface area contributed by atoms with Crippen molar-refractivity contribution in [2.75, 3.05) is 38.1 Å². The number of phosphoric acid groups is 1. The van der Waals surface area contributed by atoms with E-state index >= 15 is 0 Å².